The number of piperazine rings is 1. The summed E-state index contributed by atoms with van der Waals surface area (Å²) < 4.78 is 41.3. The molecule has 7 nitrogen and oxygen atoms in total. The van der Waals surface area contributed by atoms with E-state index in [9.17, 15) is 23.1 Å². The molecule has 1 unspecified atom stereocenters. The van der Waals surface area contributed by atoms with Gasteiger partial charge < -0.3 is 29.9 Å². The first-order valence-corrected chi connectivity index (χ1v) is 12.4. The second kappa shape index (κ2) is 13.9. The number of piperidine rings is 1. The van der Waals surface area contributed by atoms with Crippen molar-refractivity contribution in [1.29, 1.82) is 0 Å². The van der Waals surface area contributed by atoms with E-state index in [4.69, 9.17) is 4.79 Å². The Morgan fingerprint density at radius 2 is 1.68 bits per heavy atom. The van der Waals surface area contributed by atoms with Gasteiger partial charge in [0.2, 0.25) is 0 Å². The summed E-state index contributed by atoms with van der Waals surface area (Å²) in [7, 11) is 1.80. The van der Waals surface area contributed by atoms with Gasteiger partial charge in [0.15, 0.2) is 0 Å². The van der Waals surface area contributed by atoms with Gasteiger partial charge in [0.25, 0.3) is 11.8 Å². The van der Waals surface area contributed by atoms with Crippen LogP contribution in [0.4, 0.5) is 30.2 Å². The van der Waals surface area contributed by atoms with Gasteiger partial charge in [-0.1, -0.05) is 0 Å². The summed E-state index contributed by atoms with van der Waals surface area (Å²) in [6.07, 6.45) is 1.21. The van der Waals surface area contributed by atoms with E-state index in [0.717, 1.165) is 42.9 Å². The Balaban J connectivity index is 0.00000121. The van der Waals surface area contributed by atoms with E-state index in [-0.39, 0.29) is 5.91 Å². The summed E-state index contributed by atoms with van der Waals surface area (Å²) in [6.45, 7) is 11.7. The SMILES string of the molecule is C=C.C=O.CNc1ccc(N2CCCC(O)C2)c(C(=O)N2CCN(c3ccc(C(C)(F)F)c(F)c3)CC2)c1. The highest BCUT2D eigenvalue weighted by molar-refractivity contribution is 6.01. The molecule has 10 heteroatoms. The molecule has 2 N–H and O–H groups in total. The Bertz CT molecular complexity index is 1070. The third-order valence-corrected chi connectivity index (χ3v) is 6.61. The lowest BCUT2D eigenvalue weighted by Gasteiger charge is -2.38. The van der Waals surface area contributed by atoms with E-state index in [0.29, 0.717) is 50.9 Å². The first-order chi connectivity index (χ1) is 18.2. The number of β-amino-alcohol motifs (C(OH)–C–C–N with tert-alkyl or cyclic N) is 1. The van der Waals surface area contributed by atoms with Crippen LogP contribution in [0.25, 0.3) is 0 Å². The van der Waals surface area contributed by atoms with E-state index in [1.165, 1.54) is 6.07 Å². The zero-order valence-corrected chi connectivity index (χ0v) is 22.1. The smallest absolute Gasteiger partial charge is 0.273 e. The van der Waals surface area contributed by atoms with E-state index >= 15 is 0 Å². The maximum Gasteiger partial charge on any atom is 0.273 e. The van der Waals surface area contributed by atoms with Crippen LogP contribution < -0.4 is 15.1 Å². The van der Waals surface area contributed by atoms with Crippen LogP contribution in [0.15, 0.2) is 49.6 Å². The number of amides is 1. The Hall–Kier alpha value is -3.53. The number of nitrogens with one attached hydrogen (secondary N) is 1. The van der Waals surface area contributed by atoms with Gasteiger partial charge in [-0.25, -0.2) is 13.2 Å². The maximum absolute atomic E-state index is 14.2. The fourth-order valence-corrected chi connectivity index (χ4v) is 4.71. The average molecular weight is 535 g/mol. The van der Waals surface area contributed by atoms with Crippen molar-refractivity contribution >= 4 is 29.8 Å². The third kappa shape index (κ3) is 7.28. The van der Waals surface area contributed by atoms with E-state index in [1.54, 1.807) is 11.9 Å². The minimum Gasteiger partial charge on any atom is -0.391 e. The summed E-state index contributed by atoms with van der Waals surface area (Å²) >= 11 is 0. The predicted molar refractivity (Wildman–Crippen MR) is 146 cm³/mol. The van der Waals surface area contributed by atoms with E-state index < -0.39 is 23.4 Å². The normalized spacial score (nSPS) is 17.5. The lowest BCUT2D eigenvalue weighted by Crippen LogP contribution is -2.49. The summed E-state index contributed by atoms with van der Waals surface area (Å²) in [4.78, 5) is 27.2. The molecule has 2 aliphatic heterocycles. The molecule has 0 saturated carbocycles. The number of alkyl halides is 2. The molecule has 2 aromatic carbocycles. The second-order valence-electron chi connectivity index (χ2n) is 9.06. The summed E-state index contributed by atoms with van der Waals surface area (Å²) in [5.41, 5.74) is 2.12. The number of hydrogen-bond donors (Lipinski definition) is 2. The van der Waals surface area contributed by atoms with Crippen molar-refractivity contribution in [3.63, 3.8) is 0 Å². The molecular formula is C28H37F3N4O3. The maximum atomic E-state index is 14.2. The molecule has 2 aliphatic rings. The number of benzene rings is 2. The number of anilines is 3. The highest BCUT2D eigenvalue weighted by Gasteiger charge is 2.30. The molecule has 1 amide bonds. The number of nitrogens with zero attached hydrogens (tertiary/aromatic N) is 3. The topological polar surface area (TPSA) is 76.1 Å². The van der Waals surface area contributed by atoms with Crippen LogP contribution in [0.1, 0.15) is 35.7 Å². The van der Waals surface area contributed by atoms with Gasteiger partial charge in [0.05, 0.1) is 17.2 Å². The molecule has 4 rings (SSSR count). The van der Waals surface area contributed by atoms with Crippen molar-refractivity contribution in [3.05, 3.63) is 66.5 Å². The molecule has 0 bridgehead atoms. The van der Waals surface area contributed by atoms with Gasteiger partial charge in [-0.3, -0.25) is 4.79 Å². The van der Waals surface area contributed by atoms with E-state index in [1.807, 2.05) is 29.9 Å². The molecule has 2 fully saturated rings. The average Bonchev–Trinajstić information content (AvgIpc) is 2.94. The number of aliphatic hydroxyl groups is 1. The molecule has 0 spiro atoms. The molecule has 0 aromatic heterocycles. The monoisotopic (exact) mass is 534 g/mol. The fourth-order valence-electron chi connectivity index (χ4n) is 4.71. The summed E-state index contributed by atoms with van der Waals surface area (Å²) in [6, 6.07) is 9.45. The van der Waals surface area contributed by atoms with Crippen molar-refractivity contribution in [2.24, 2.45) is 0 Å². The number of carbonyl (C=O) groups is 2. The fraction of sp³-hybridized carbons (Fsp3) is 0.429. The highest BCUT2D eigenvalue weighted by atomic mass is 19.3. The molecule has 0 aliphatic carbocycles. The number of carbonyl (C=O) groups excluding carboxylic acids is 2. The van der Waals surface area contributed by atoms with Crippen LogP contribution in [0.2, 0.25) is 0 Å². The number of hydrogen-bond acceptors (Lipinski definition) is 6. The zero-order chi connectivity index (χ0) is 28.5. The summed E-state index contributed by atoms with van der Waals surface area (Å²) in [5, 5.41) is 13.2. The standard InChI is InChI=1S/C25H31F3N4O2.C2H4.CH2O/c1-25(27,28)21-7-6-18(15-22(21)26)30-10-12-31(13-11-30)24(34)20-14-17(29-2)5-8-23(20)32-9-3-4-19(33)16-32;2*1-2/h5-8,14-15,19,29,33H,3-4,9-13,16H2,1-2H3;1-2H2;1H2. The minimum absolute atomic E-state index is 0.0982. The zero-order valence-electron chi connectivity index (χ0n) is 22.1. The molecule has 208 valence electrons. The summed E-state index contributed by atoms with van der Waals surface area (Å²) in [5.74, 6) is -4.27. The number of aliphatic hydroxyl groups excluding tert-OH is 1. The molecule has 2 saturated heterocycles. The van der Waals surface area contributed by atoms with Crippen molar-refractivity contribution in [3.8, 4) is 0 Å². The Morgan fingerprint density at radius 3 is 2.24 bits per heavy atom. The molecular weight excluding hydrogens is 497 g/mol. The van der Waals surface area contributed by atoms with Crippen molar-refractivity contribution < 1.29 is 27.9 Å². The van der Waals surface area contributed by atoms with Crippen LogP contribution in [0, 0.1) is 5.82 Å². The Morgan fingerprint density at radius 1 is 1.03 bits per heavy atom. The van der Waals surface area contributed by atoms with Crippen LogP contribution in [0.5, 0.6) is 0 Å². The Labute approximate surface area is 222 Å². The number of halogens is 3. The highest BCUT2D eigenvalue weighted by Crippen LogP contribution is 2.32. The van der Waals surface area contributed by atoms with Crippen LogP contribution in [-0.2, 0) is 10.7 Å². The van der Waals surface area contributed by atoms with Crippen molar-refractivity contribution in [2.45, 2.75) is 31.8 Å². The second-order valence-corrected chi connectivity index (χ2v) is 9.06. The third-order valence-electron chi connectivity index (χ3n) is 6.61. The minimum atomic E-state index is -3.24. The lowest BCUT2D eigenvalue weighted by atomic mass is 10.0. The van der Waals surface area contributed by atoms with Gasteiger partial charge in [0.1, 0.15) is 12.6 Å². The Kier molecular flexibility index (Phi) is 11.2. The van der Waals surface area contributed by atoms with Gasteiger partial charge in [-0.05, 0) is 49.2 Å². The molecule has 2 heterocycles. The van der Waals surface area contributed by atoms with Crippen LogP contribution in [-0.4, -0.2) is 75.1 Å². The molecule has 2 aromatic rings. The number of rotatable bonds is 5. The van der Waals surface area contributed by atoms with Crippen LogP contribution in [0.3, 0.4) is 0 Å². The van der Waals surface area contributed by atoms with Gasteiger partial charge in [-0.15, -0.1) is 13.2 Å². The van der Waals surface area contributed by atoms with Crippen LogP contribution >= 0.6 is 0 Å². The van der Waals surface area contributed by atoms with Gasteiger partial charge in [-0.2, -0.15) is 0 Å². The molecule has 38 heavy (non-hydrogen) atoms. The molecule has 0 radical (unpaired) electrons. The molecule has 1 atom stereocenters. The van der Waals surface area contributed by atoms with Gasteiger partial charge in [0, 0.05) is 70.3 Å². The predicted octanol–water partition coefficient (Wildman–Crippen LogP) is 4.52. The quantitative estimate of drug-likeness (QED) is 0.550. The first-order valence-electron chi connectivity index (χ1n) is 12.4. The first kappa shape index (κ1) is 30.7. The largest absolute Gasteiger partial charge is 0.391 e. The lowest BCUT2D eigenvalue weighted by molar-refractivity contribution is -0.0980. The van der Waals surface area contributed by atoms with Crippen molar-refractivity contribution in [2.75, 3.05) is 61.4 Å². The van der Waals surface area contributed by atoms with Crippen molar-refractivity contribution in [1.82, 2.24) is 4.90 Å². The van der Waals surface area contributed by atoms with Gasteiger partial charge >= 0.3 is 0 Å². The van der Waals surface area contributed by atoms with E-state index in [2.05, 4.69) is 23.4 Å².